The number of aliphatic carboxylic acids is 1. The highest BCUT2D eigenvalue weighted by atomic mass is 32.2. The van der Waals surface area contributed by atoms with Crippen molar-refractivity contribution in [3.05, 3.63) is 134 Å². The predicted molar refractivity (Wildman–Crippen MR) is 212 cm³/mol. The van der Waals surface area contributed by atoms with E-state index in [4.69, 9.17) is 26.8 Å². The van der Waals surface area contributed by atoms with E-state index in [0.29, 0.717) is 42.8 Å². The zero-order chi connectivity index (χ0) is 39.5. The van der Waals surface area contributed by atoms with Gasteiger partial charge < -0.3 is 14.6 Å². The number of H-pyrrole nitrogens is 1. The molecule has 1 amide bonds. The van der Waals surface area contributed by atoms with E-state index in [0.717, 1.165) is 28.5 Å². The largest absolute Gasteiger partial charge is 0.496 e. The number of methoxy groups -OCH3 is 2. The van der Waals surface area contributed by atoms with Crippen molar-refractivity contribution in [1.82, 2.24) is 10.2 Å². The standard InChI is InChI=1S/C20H19N3O4S3.C18H18O5S/c1-13-3-4-15(11-17(13)27-2)12-30(25,26)16-8-5-14(6-9-16)7-10-18(24)21-19-22-23-20(28)29-19;1-13-3-4-15(11-17(13)23-2)12-24(21,22)16-8-5-14(6-9-16)7-10-18(19)20/h3-11H,12H2,1-2H3,(H,23,28)(H,21,22,24);3-11H,12H2,1-2H3,(H,19,20)/b2*10-7+. The topological polar surface area (TPSA) is 182 Å². The average Bonchev–Trinajstić information content (AvgIpc) is 3.55. The van der Waals surface area contributed by atoms with E-state index in [-0.39, 0.29) is 27.2 Å². The number of aromatic nitrogens is 2. The summed E-state index contributed by atoms with van der Waals surface area (Å²) in [6.07, 6.45) is 5.33. The number of nitrogens with zero attached hydrogens (tertiary/aromatic N) is 1. The molecule has 0 atom stereocenters. The molecule has 3 N–H and O–H groups in total. The van der Waals surface area contributed by atoms with E-state index >= 15 is 0 Å². The molecule has 0 saturated heterocycles. The van der Waals surface area contributed by atoms with Crippen LogP contribution in [0.25, 0.3) is 12.2 Å². The second kappa shape index (κ2) is 18.6. The Morgan fingerprint density at radius 2 is 1.20 bits per heavy atom. The van der Waals surface area contributed by atoms with Gasteiger partial charge >= 0.3 is 5.97 Å². The predicted octanol–water partition coefficient (Wildman–Crippen LogP) is 7.22. The van der Waals surface area contributed by atoms with E-state index < -0.39 is 25.6 Å². The zero-order valence-corrected chi connectivity index (χ0v) is 32.9. The van der Waals surface area contributed by atoms with Gasteiger partial charge in [-0.15, -0.1) is 5.10 Å². The molecule has 0 spiro atoms. The third-order valence-corrected chi connectivity index (χ3v) is 12.1. The van der Waals surface area contributed by atoms with Gasteiger partial charge in [-0.2, -0.15) is 0 Å². The monoisotopic (exact) mass is 807 g/mol. The Bertz CT molecular complexity index is 2450. The van der Waals surface area contributed by atoms with Crippen molar-refractivity contribution in [2.24, 2.45) is 0 Å². The number of hydrogen-bond donors (Lipinski definition) is 3. The molecule has 4 aromatic carbocycles. The molecule has 5 rings (SSSR count). The van der Waals surface area contributed by atoms with E-state index in [1.165, 1.54) is 36.4 Å². The van der Waals surface area contributed by atoms with Crippen LogP contribution in [0.15, 0.2) is 107 Å². The number of hydrogen-bond acceptors (Lipinski definition) is 11. The summed E-state index contributed by atoms with van der Waals surface area (Å²) in [5.41, 5.74) is 4.49. The molecule has 54 heavy (non-hydrogen) atoms. The van der Waals surface area contributed by atoms with Crippen LogP contribution in [0.5, 0.6) is 11.5 Å². The molecule has 16 heteroatoms. The highest BCUT2D eigenvalue weighted by Gasteiger charge is 2.17. The van der Waals surface area contributed by atoms with Gasteiger partial charge in [0.1, 0.15) is 11.5 Å². The number of anilines is 1. The Morgan fingerprint density at radius 1 is 0.759 bits per heavy atom. The molecule has 5 aromatic rings. The Hall–Kier alpha value is -5.42. The smallest absolute Gasteiger partial charge is 0.328 e. The Labute approximate surface area is 322 Å². The van der Waals surface area contributed by atoms with Gasteiger partial charge in [0.05, 0.1) is 35.5 Å². The average molecular weight is 808 g/mol. The molecular formula is C38H37N3O9S4. The summed E-state index contributed by atoms with van der Waals surface area (Å²) in [6, 6.07) is 23.1. The molecule has 0 saturated carbocycles. The minimum atomic E-state index is -3.52. The Balaban J connectivity index is 0.000000247. The van der Waals surface area contributed by atoms with E-state index in [9.17, 15) is 26.4 Å². The fourth-order valence-corrected chi connectivity index (χ4v) is 8.32. The molecule has 0 radical (unpaired) electrons. The molecule has 0 bridgehead atoms. The first-order valence-electron chi connectivity index (χ1n) is 16.0. The van der Waals surface area contributed by atoms with Gasteiger partial charge in [0, 0.05) is 12.2 Å². The van der Waals surface area contributed by atoms with Crippen LogP contribution in [0.4, 0.5) is 5.13 Å². The van der Waals surface area contributed by atoms with Crippen LogP contribution in [0, 0.1) is 17.8 Å². The summed E-state index contributed by atoms with van der Waals surface area (Å²) < 4.78 is 61.4. The van der Waals surface area contributed by atoms with Crippen LogP contribution < -0.4 is 14.8 Å². The number of carboxylic acids is 1. The molecule has 282 valence electrons. The van der Waals surface area contributed by atoms with Crippen LogP contribution in [-0.4, -0.2) is 58.2 Å². The van der Waals surface area contributed by atoms with Crippen LogP contribution in [-0.2, 0) is 40.8 Å². The van der Waals surface area contributed by atoms with E-state index in [1.54, 1.807) is 68.8 Å². The third-order valence-electron chi connectivity index (χ3n) is 7.65. The minimum Gasteiger partial charge on any atom is -0.496 e. The van der Waals surface area contributed by atoms with Crippen molar-refractivity contribution in [1.29, 1.82) is 0 Å². The van der Waals surface area contributed by atoms with Crippen molar-refractivity contribution in [2.45, 2.75) is 35.1 Å². The first-order valence-corrected chi connectivity index (χ1v) is 20.5. The van der Waals surface area contributed by atoms with Crippen molar-refractivity contribution in [3.8, 4) is 11.5 Å². The molecule has 0 fully saturated rings. The SMILES string of the molecule is COc1cc(CS(=O)(=O)c2ccc(/C=C/C(=O)Nc3n[nH]c(=S)s3)cc2)ccc1C.COc1cc(CS(=O)(=O)c2ccc(/C=C/C(=O)O)cc2)ccc1C. The Kier molecular flexibility index (Phi) is 14.2. The fraction of sp³-hybridized carbons (Fsp3) is 0.158. The van der Waals surface area contributed by atoms with Crippen molar-refractivity contribution in [3.63, 3.8) is 0 Å². The van der Waals surface area contributed by atoms with Crippen molar-refractivity contribution < 1.29 is 41.0 Å². The molecule has 0 aliphatic rings. The first kappa shape index (κ1) is 41.3. The molecule has 0 unspecified atom stereocenters. The van der Waals surface area contributed by atoms with Crippen LogP contribution in [0.2, 0.25) is 0 Å². The number of ether oxygens (including phenoxy) is 2. The second-order valence-electron chi connectivity index (χ2n) is 11.7. The third kappa shape index (κ3) is 12.1. The highest BCUT2D eigenvalue weighted by molar-refractivity contribution is 7.91. The fourth-order valence-electron chi connectivity index (χ4n) is 4.86. The number of aromatic amines is 1. The number of rotatable bonds is 13. The lowest BCUT2D eigenvalue weighted by Gasteiger charge is -2.09. The number of sulfone groups is 2. The van der Waals surface area contributed by atoms with E-state index in [2.05, 4.69) is 15.5 Å². The van der Waals surface area contributed by atoms with Gasteiger partial charge in [0.2, 0.25) is 11.0 Å². The zero-order valence-electron chi connectivity index (χ0n) is 29.6. The number of carbonyl (C=O) groups excluding carboxylic acids is 1. The van der Waals surface area contributed by atoms with Crippen molar-refractivity contribution in [2.75, 3.05) is 19.5 Å². The Morgan fingerprint density at radius 3 is 1.59 bits per heavy atom. The molecule has 0 aliphatic heterocycles. The summed E-state index contributed by atoms with van der Waals surface area (Å²) in [5, 5.41) is 18.0. The molecular weight excluding hydrogens is 771 g/mol. The van der Waals surface area contributed by atoms with Gasteiger partial charge in [-0.1, -0.05) is 59.9 Å². The second-order valence-corrected chi connectivity index (χ2v) is 17.3. The summed E-state index contributed by atoms with van der Waals surface area (Å²) in [7, 11) is -3.91. The van der Waals surface area contributed by atoms with Crippen LogP contribution in [0.1, 0.15) is 33.4 Å². The van der Waals surface area contributed by atoms with Crippen molar-refractivity contribution >= 4 is 72.4 Å². The summed E-state index contributed by atoms with van der Waals surface area (Å²) in [6.45, 7) is 3.79. The van der Waals surface area contributed by atoms with Gasteiger partial charge in [0.25, 0.3) is 0 Å². The summed E-state index contributed by atoms with van der Waals surface area (Å²) in [5.74, 6) is -0.374. The van der Waals surface area contributed by atoms with Gasteiger partial charge in [-0.05, 0) is 108 Å². The van der Waals surface area contributed by atoms with E-state index in [1.807, 2.05) is 26.0 Å². The number of carboxylic acid groups (broad SMARTS) is 1. The van der Waals surface area contributed by atoms with Gasteiger partial charge in [-0.3, -0.25) is 15.2 Å². The number of amides is 1. The lowest BCUT2D eigenvalue weighted by molar-refractivity contribution is -0.131. The lowest BCUT2D eigenvalue weighted by Crippen LogP contribution is -2.07. The number of aryl methyl sites for hydroxylation is 2. The maximum Gasteiger partial charge on any atom is 0.328 e. The van der Waals surface area contributed by atoms with Crippen LogP contribution >= 0.6 is 23.6 Å². The maximum absolute atomic E-state index is 12.7. The summed E-state index contributed by atoms with van der Waals surface area (Å²) >= 11 is 6.06. The summed E-state index contributed by atoms with van der Waals surface area (Å²) in [4.78, 5) is 22.8. The molecule has 0 aliphatic carbocycles. The maximum atomic E-state index is 12.7. The number of benzene rings is 4. The first-order chi connectivity index (χ1) is 25.6. The molecule has 1 aromatic heterocycles. The normalized spacial score (nSPS) is 11.6. The van der Waals surface area contributed by atoms with Gasteiger partial charge in [-0.25, -0.2) is 21.6 Å². The highest BCUT2D eigenvalue weighted by Crippen LogP contribution is 2.25. The molecule has 12 nitrogen and oxygen atoms in total. The van der Waals surface area contributed by atoms with Gasteiger partial charge in [0.15, 0.2) is 23.6 Å². The lowest BCUT2D eigenvalue weighted by atomic mass is 10.1. The number of nitrogens with one attached hydrogen (secondary N) is 2. The van der Waals surface area contributed by atoms with Crippen LogP contribution in [0.3, 0.4) is 0 Å². The number of carbonyl (C=O) groups is 2. The quantitative estimate of drug-likeness (QED) is 0.0807. The minimum absolute atomic E-state index is 0.128. The molecule has 1 heterocycles.